The van der Waals surface area contributed by atoms with E-state index in [1.54, 1.807) is 6.07 Å². The van der Waals surface area contributed by atoms with Crippen LogP contribution in [0.1, 0.15) is 18.1 Å². The van der Waals surface area contributed by atoms with E-state index in [9.17, 15) is 14.6 Å². The smallest absolute Gasteiger partial charge is 0.141 e. The monoisotopic (exact) mass is 196 g/mol. The van der Waals surface area contributed by atoms with E-state index in [4.69, 9.17) is 5.26 Å². The lowest BCUT2D eigenvalue weighted by Crippen LogP contribution is -2.17. The van der Waals surface area contributed by atoms with Gasteiger partial charge in [0.15, 0.2) is 0 Å². The van der Waals surface area contributed by atoms with Gasteiger partial charge in [0, 0.05) is 11.8 Å². The summed E-state index contributed by atoms with van der Waals surface area (Å²) < 4.78 is 12.7. The van der Waals surface area contributed by atoms with Gasteiger partial charge >= 0.3 is 0 Å². The normalized spacial score (nSPS) is 14.4. The zero-order valence-corrected chi connectivity index (χ0v) is 7.26. The molecular formula is C9H9FN2O2. The largest absolute Gasteiger partial charge is 0.389 e. The van der Waals surface area contributed by atoms with Gasteiger partial charge in [0.25, 0.3) is 0 Å². The van der Waals surface area contributed by atoms with Crippen molar-refractivity contribution in [3.05, 3.63) is 29.8 Å². The van der Waals surface area contributed by atoms with Crippen molar-refractivity contribution in [1.82, 2.24) is 4.98 Å². The van der Waals surface area contributed by atoms with Crippen LogP contribution < -0.4 is 0 Å². The Morgan fingerprint density at radius 2 is 2.21 bits per heavy atom. The lowest BCUT2D eigenvalue weighted by Gasteiger charge is -2.14. The highest BCUT2D eigenvalue weighted by Gasteiger charge is 2.18. The highest BCUT2D eigenvalue weighted by atomic mass is 19.1. The van der Waals surface area contributed by atoms with Crippen molar-refractivity contribution in [2.75, 3.05) is 0 Å². The summed E-state index contributed by atoms with van der Waals surface area (Å²) in [6.45, 7) is 0. The average molecular weight is 196 g/mol. The molecule has 0 aliphatic rings. The Morgan fingerprint density at radius 3 is 2.79 bits per heavy atom. The number of aliphatic hydroxyl groups excluding tert-OH is 2. The molecule has 1 rings (SSSR count). The maximum atomic E-state index is 12.7. The second kappa shape index (κ2) is 4.65. The Labute approximate surface area is 80.3 Å². The Kier molecular flexibility index (Phi) is 3.51. The van der Waals surface area contributed by atoms with Crippen molar-refractivity contribution in [2.45, 2.75) is 18.6 Å². The van der Waals surface area contributed by atoms with Crippen LogP contribution in [0, 0.1) is 17.1 Å². The molecule has 14 heavy (non-hydrogen) atoms. The van der Waals surface area contributed by atoms with Crippen molar-refractivity contribution in [1.29, 1.82) is 5.26 Å². The highest BCUT2D eigenvalue weighted by molar-refractivity contribution is 5.14. The fraction of sp³-hybridized carbons (Fsp3) is 0.333. The first-order chi connectivity index (χ1) is 6.65. The maximum absolute atomic E-state index is 12.7. The number of rotatable bonds is 3. The van der Waals surface area contributed by atoms with Crippen molar-refractivity contribution in [3.63, 3.8) is 0 Å². The second-order valence-corrected chi connectivity index (χ2v) is 2.81. The SMILES string of the molecule is N#CCC(O)C(O)c1cncc(F)c1. The number of aliphatic hydroxyl groups is 2. The molecule has 0 aliphatic carbocycles. The summed E-state index contributed by atoms with van der Waals surface area (Å²) >= 11 is 0. The van der Waals surface area contributed by atoms with Crippen LogP contribution in [-0.4, -0.2) is 21.3 Å². The summed E-state index contributed by atoms with van der Waals surface area (Å²) in [5.41, 5.74) is 0.160. The first-order valence-corrected chi connectivity index (χ1v) is 3.98. The van der Waals surface area contributed by atoms with Gasteiger partial charge in [0.05, 0.1) is 24.8 Å². The molecule has 1 heterocycles. The number of pyridine rings is 1. The predicted molar refractivity (Wildman–Crippen MR) is 45.4 cm³/mol. The summed E-state index contributed by atoms with van der Waals surface area (Å²) in [5.74, 6) is -0.592. The molecule has 74 valence electrons. The minimum atomic E-state index is -1.28. The lowest BCUT2D eigenvalue weighted by molar-refractivity contribution is 0.0212. The van der Waals surface area contributed by atoms with Gasteiger partial charge in [-0.15, -0.1) is 0 Å². The van der Waals surface area contributed by atoms with Gasteiger partial charge in [0.1, 0.15) is 11.9 Å². The zero-order chi connectivity index (χ0) is 10.6. The van der Waals surface area contributed by atoms with Crippen LogP contribution in [0.3, 0.4) is 0 Å². The summed E-state index contributed by atoms with van der Waals surface area (Å²) in [4.78, 5) is 3.52. The van der Waals surface area contributed by atoms with Crippen LogP contribution in [0.25, 0.3) is 0 Å². The van der Waals surface area contributed by atoms with Gasteiger partial charge < -0.3 is 10.2 Å². The molecule has 0 aromatic carbocycles. The Hall–Kier alpha value is -1.51. The fourth-order valence-electron chi connectivity index (χ4n) is 1.02. The first-order valence-electron chi connectivity index (χ1n) is 3.98. The van der Waals surface area contributed by atoms with Gasteiger partial charge in [-0.3, -0.25) is 4.98 Å². The molecule has 0 radical (unpaired) electrons. The molecule has 0 aliphatic heterocycles. The third-order valence-corrected chi connectivity index (χ3v) is 1.73. The number of nitriles is 1. The van der Waals surface area contributed by atoms with Crippen LogP contribution >= 0.6 is 0 Å². The lowest BCUT2D eigenvalue weighted by atomic mass is 10.0. The van der Waals surface area contributed by atoms with E-state index >= 15 is 0 Å². The minimum Gasteiger partial charge on any atom is -0.389 e. The Morgan fingerprint density at radius 1 is 1.50 bits per heavy atom. The standard InChI is InChI=1S/C9H9FN2O2/c10-7-3-6(4-12-5-7)9(14)8(13)1-2-11/h3-5,8-9,13-14H,1H2. The van der Waals surface area contributed by atoms with E-state index in [2.05, 4.69) is 4.98 Å². The van der Waals surface area contributed by atoms with E-state index < -0.39 is 18.0 Å². The molecule has 1 aromatic rings. The van der Waals surface area contributed by atoms with Gasteiger partial charge in [-0.1, -0.05) is 0 Å². The average Bonchev–Trinajstić information content (AvgIpc) is 2.17. The molecule has 0 bridgehead atoms. The van der Waals surface area contributed by atoms with Gasteiger partial charge in [-0.05, 0) is 6.07 Å². The van der Waals surface area contributed by atoms with Crippen LogP contribution in [0.2, 0.25) is 0 Å². The second-order valence-electron chi connectivity index (χ2n) is 2.81. The summed E-state index contributed by atoms with van der Waals surface area (Å²) in [7, 11) is 0. The molecule has 1 aromatic heterocycles. The molecule has 2 N–H and O–H groups in total. The van der Waals surface area contributed by atoms with Gasteiger partial charge in [-0.2, -0.15) is 5.26 Å². The van der Waals surface area contributed by atoms with Gasteiger partial charge in [0.2, 0.25) is 0 Å². The molecule has 2 unspecified atom stereocenters. The minimum absolute atomic E-state index is 0.160. The zero-order valence-electron chi connectivity index (χ0n) is 7.26. The van der Waals surface area contributed by atoms with Crippen molar-refractivity contribution in [2.24, 2.45) is 0 Å². The molecule has 0 spiro atoms. The maximum Gasteiger partial charge on any atom is 0.141 e. The predicted octanol–water partition coefficient (Wildman–Crippen LogP) is 0.529. The molecular weight excluding hydrogens is 187 g/mol. The topological polar surface area (TPSA) is 77.1 Å². The van der Waals surface area contributed by atoms with Crippen LogP contribution in [0.5, 0.6) is 0 Å². The van der Waals surface area contributed by atoms with Crippen molar-refractivity contribution >= 4 is 0 Å². The molecule has 0 amide bonds. The third-order valence-electron chi connectivity index (χ3n) is 1.73. The van der Waals surface area contributed by atoms with E-state index in [0.717, 1.165) is 12.3 Å². The van der Waals surface area contributed by atoms with Crippen molar-refractivity contribution in [3.8, 4) is 6.07 Å². The third kappa shape index (κ3) is 2.49. The molecule has 0 saturated carbocycles. The molecule has 0 saturated heterocycles. The quantitative estimate of drug-likeness (QED) is 0.739. The summed E-state index contributed by atoms with van der Waals surface area (Å²) in [6, 6.07) is 2.78. The Balaban J connectivity index is 2.79. The number of nitrogens with zero attached hydrogens (tertiary/aromatic N) is 2. The fourth-order valence-corrected chi connectivity index (χ4v) is 1.02. The van der Waals surface area contributed by atoms with E-state index in [1.165, 1.54) is 6.20 Å². The van der Waals surface area contributed by atoms with E-state index in [1.807, 2.05) is 0 Å². The number of halogens is 1. The molecule has 4 nitrogen and oxygen atoms in total. The first kappa shape index (κ1) is 10.6. The van der Waals surface area contributed by atoms with Crippen LogP contribution in [0.15, 0.2) is 18.5 Å². The summed E-state index contributed by atoms with van der Waals surface area (Å²) in [5, 5.41) is 27.0. The van der Waals surface area contributed by atoms with Gasteiger partial charge in [-0.25, -0.2) is 4.39 Å². The van der Waals surface area contributed by atoms with E-state index in [0.29, 0.717) is 0 Å². The molecule has 5 heteroatoms. The number of hydrogen-bond acceptors (Lipinski definition) is 4. The Bertz CT molecular complexity index is 351. The van der Waals surface area contributed by atoms with Crippen molar-refractivity contribution < 1.29 is 14.6 Å². The molecule has 2 atom stereocenters. The highest BCUT2D eigenvalue weighted by Crippen LogP contribution is 2.18. The number of aromatic nitrogens is 1. The number of hydrogen-bond donors (Lipinski definition) is 2. The molecule has 0 fully saturated rings. The summed E-state index contributed by atoms with van der Waals surface area (Å²) in [6.07, 6.45) is -0.472. The van der Waals surface area contributed by atoms with Crippen LogP contribution in [0.4, 0.5) is 4.39 Å². The van der Waals surface area contributed by atoms with Crippen LogP contribution in [-0.2, 0) is 0 Å². The van der Waals surface area contributed by atoms with E-state index in [-0.39, 0.29) is 12.0 Å².